The molecule has 3 rings (SSSR count). The molecule has 0 spiro atoms. The van der Waals surface area contributed by atoms with Crippen LogP contribution >= 0.6 is 35.6 Å². The van der Waals surface area contributed by atoms with Crippen molar-refractivity contribution >= 4 is 58.0 Å². The van der Waals surface area contributed by atoms with Crippen LogP contribution < -0.4 is 10.2 Å². The Labute approximate surface area is 143 Å². The number of hydrogen-bond donors (Lipinski definition) is 1. The quantitative estimate of drug-likeness (QED) is 0.770. The zero-order valence-corrected chi connectivity index (χ0v) is 14.2. The van der Waals surface area contributed by atoms with Crippen molar-refractivity contribution in [2.75, 3.05) is 16.0 Å². The van der Waals surface area contributed by atoms with Crippen LogP contribution in [-0.2, 0) is 4.79 Å². The SMILES string of the molecule is Cc1ccc(Cl)cc1NC(=S)N1C(=O)CSc2ccccc21. The van der Waals surface area contributed by atoms with Crippen molar-refractivity contribution in [1.82, 2.24) is 0 Å². The molecule has 2 aromatic carbocycles. The molecule has 0 radical (unpaired) electrons. The van der Waals surface area contributed by atoms with E-state index in [1.54, 1.807) is 11.0 Å². The van der Waals surface area contributed by atoms with Crippen molar-refractivity contribution in [3.05, 3.63) is 53.1 Å². The number of thiocarbonyl (C=S) groups is 1. The number of nitrogens with zero attached hydrogens (tertiary/aromatic N) is 1. The summed E-state index contributed by atoms with van der Waals surface area (Å²) >= 11 is 13.0. The molecular weight excluding hydrogens is 336 g/mol. The van der Waals surface area contributed by atoms with Crippen LogP contribution in [0.4, 0.5) is 11.4 Å². The van der Waals surface area contributed by atoms with Gasteiger partial charge in [0.2, 0.25) is 5.91 Å². The van der Waals surface area contributed by atoms with E-state index in [0.717, 1.165) is 21.8 Å². The second-order valence-electron chi connectivity index (χ2n) is 4.87. The average Bonchev–Trinajstić information content (AvgIpc) is 2.50. The van der Waals surface area contributed by atoms with Gasteiger partial charge in [0.1, 0.15) is 0 Å². The maximum Gasteiger partial charge on any atom is 0.243 e. The molecule has 0 unspecified atom stereocenters. The van der Waals surface area contributed by atoms with Crippen molar-refractivity contribution in [2.24, 2.45) is 0 Å². The first-order valence-electron chi connectivity index (χ1n) is 6.68. The lowest BCUT2D eigenvalue weighted by molar-refractivity contribution is -0.115. The number of para-hydroxylation sites is 1. The number of hydrogen-bond acceptors (Lipinski definition) is 3. The van der Waals surface area contributed by atoms with Gasteiger partial charge in [0.25, 0.3) is 0 Å². The van der Waals surface area contributed by atoms with E-state index >= 15 is 0 Å². The third-order valence-electron chi connectivity index (χ3n) is 3.35. The maximum atomic E-state index is 12.3. The molecule has 1 N–H and O–H groups in total. The predicted octanol–water partition coefficient (Wildman–Crippen LogP) is 4.48. The van der Waals surface area contributed by atoms with Crippen molar-refractivity contribution < 1.29 is 4.79 Å². The van der Waals surface area contributed by atoms with E-state index in [9.17, 15) is 4.79 Å². The van der Waals surface area contributed by atoms with Gasteiger partial charge in [0.15, 0.2) is 5.11 Å². The molecule has 1 amide bonds. The number of aryl methyl sites for hydroxylation is 1. The second kappa shape index (κ2) is 6.28. The van der Waals surface area contributed by atoms with E-state index < -0.39 is 0 Å². The van der Waals surface area contributed by atoms with Gasteiger partial charge in [-0.2, -0.15) is 0 Å². The molecular formula is C16H13ClN2OS2. The number of thioether (sulfide) groups is 1. The van der Waals surface area contributed by atoms with Crippen molar-refractivity contribution in [2.45, 2.75) is 11.8 Å². The smallest absolute Gasteiger partial charge is 0.243 e. The summed E-state index contributed by atoms with van der Waals surface area (Å²) in [5.74, 6) is 0.355. The summed E-state index contributed by atoms with van der Waals surface area (Å²) < 4.78 is 0. The van der Waals surface area contributed by atoms with E-state index in [-0.39, 0.29) is 5.91 Å². The van der Waals surface area contributed by atoms with Crippen LogP contribution in [0.15, 0.2) is 47.4 Å². The molecule has 1 aliphatic heterocycles. The summed E-state index contributed by atoms with van der Waals surface area (Å²) in [6, 6.07) is 13.3. The normalized spacial score (nSPS) is 13.7. The molecule has 1 heterocycles. The Kier molecular flexibility index (Phi) is 4.38. The fourth-order valence-corrected chi connectivity index (χ4v) is 3.60. The number of fused-ring (bicyclic) bond motifs is 1. The molecule has 0 atom stereocenters. The van der Waals surface area contributed by atoms with Gasteiger partial charge >= 0.3 is 0 Å². The van der Waals surface area contributed by atoms with Crippen LogP contribution in [0.3, 0.4) is 0 Å². The molecule has 112 valence electrons. The van der Waals surface area contributed by atoms with Crippen molar-refractivity contribution in [3.8, 4) is 0 Å². The van der Waals surface area contributed by atoms with Crippen molar-refractivity contribution in [3.63, 3.8) is 0 Å². The van der Waals surface area contributed by atoms with Gasteiger partial charge in [0, 0.05) is 15.6 Å². The summed E-state index contributed by atoms with van der Waals surface area (Å²) in [6.07, 6.45) is 0. The fraction of sp³-hybridized carbons (Fsp3) is 0.125. The number of rotatable bonds is 1. The molecule has 2 aromatic rings. The largest absolute Gasteiger partial charge is 0.332 e. The predicted molar refractivity (Wildman–Crippen MR) is 97.1 cm³/mol. The molecule has 0 fully saturated rings. The van der Waals surface area contributed by atoms with E-state index in [2.05, 4.69) is 5.32 Å². The lowest BCUT2D eigenvalue weighted by Gasteiger charge is -2.29. The van der Waals surface area contributed by atoms with Gasteiger partial charge < -0.3 is 5.32 Å². The molecule has 0 saturated heterocycles. The third-order valence-corrected chi connectivity index (χ3v) is 4.92. The molecule has 0 aromatic heterocycles. The van der Waals surface area contributed by atoms with Gasteiger partial charge in [-0.15, -0.1) is 11.8 Å². The van der Waals surface area contributed by atoms with Gasteiger partial charge in [0.05, 0.1) is 11.4 Å². The van der Waals surface area contributed by atoms with Crippen LogP contribution in [0.1, 0.15) is 5.56 Å². The highest BCUT2D eigenvalue weighted by Gasteiger charge is 2.27. The van der Waals surface area contributed by atoms with Gasteiger partial charge in [-0.05, 0) is 49.0 Å². The Bertz CT molecular complexity index is 764. The van der Waals surface area contributed by atoms with Crippen LogP contribution in [0.2, 0.25) is 5.02 Å². The minimum Gasteiger partial charge on any atom is -0.332 e. The van der Waals surface area contributed by atoms with E-state index in [4.69, 9.17) is 23.8 Å². The summed E-state index contributed by atoms with van der Waals surface area (Å²) in [5.41, 5.74) is 2.64. The molecule has 22 heavy (non-hydrogen) atoms. The fourth-order valence-electron chi connectivity index (χ4n) is 2.22. The number of halogens is 1. The Balaban J connectivity index is 1.92. The van der Waals surface area contributed by atoms with Crippen LogP contribution in [0.5, 0.6) is 0 Å². The highest BCUT2D eigenvalue weighted by molar-refractivity contribution is 8.00. The van der Waals surface area contributed by atoms with Gasteiger partial charge in [-0.3, -0.25) is 9.69 Å². The lowest BCUT2D eigenvalue weighted by atomic mass is 10.2. The third kappa shape index (κ3) is 2.97. The van der Waals surface area contributed by atoms with Gasteiger partial charge in [-0.1, -0.05) is 29.8 Å². The first kappa shape index (κ1) is 15.3. The minimum absolute atomic E-state index is 0.0270. The molecule has 0 bridgehead atoms. The number of amides is 1. The topological polar surface area (TPSA) is 32.3 Å². The van der Waals surface area contributed by atoms with Crippen LogP contribution in [-0.4, -0.2) is 16.8 Å². The first-order chi connectivity index (χ1) is 10.6. The monoisotopic (exact) mass is 348 g/mol. The van der Waals surface area contributed by atoms with Crippen LogP contribution in [0.25, 0.3) is 0 Å². The second-order valence-corrected chi connectivity index (χ2v) is 6.72. The summed E-state index contributed by atoms with van der Waals surface area (Å²) in [7, 11) is 0. The number of nitrogens with one attached hydrogen (secondary N) is 1. The molecule has 1 aliphatic rings. The summed E-state index contributed by atoms with van der Waals surface area (Å²) in [6.45, 7) is 1.96. The van der Waals surface area contributed by atoms with E-state index in [1.165, 1.54) is 11.8 Å². The summed E-state index contributed by atoms with van der Waals surface area (Å²) in [5, 5.41) is 4.12. The average molecular weight is 349 g/mol. The van der Waals surface area contributed by atoms with Gasteiger partial charge in [-0.25, -0.2) is 0 Å². The standard InChI is InChI=1S/C16H13ClN2OS2/c1-10-6-7-11(17)8-12(10)18-16(21)19-13-4-2-3-5-14(13)22-9-15(19)20/h2-8H,9H2,1H3,(H,18,21). The zero-order valence-electron chi connectivity index (χ0n) is 11.8. The Hall–Kier alpha value is -1.56. The van der Waals surface area contributed by atoms with Crippen LogP contribution in [0, 0.1) is 6.92 Å². The molecule has 3 nitrogen and oxygen atoms in total. The highest BCUT2D eigenvalue weighted by atomic mass is 35.5. The zero-order chi connectivity index (χ0) is 15.7. The first-order valence-corrected chi connectivity index (χ1v) is 8.45. The Morgan fingerprint density at radius 1 is 1.32 bits per heavy atom. The van der Waals surface area contributed by atoms with E-state index in [1.807, 2.05) is 43.3 Å². The molecule has 0 saturated carbocycles. The maximum absolute atomic E-state index is 12.3. The number of carbonyl (C=O) groups excluding carboxylic acids is 1. The van der Waals surface area contributed by atoms with Crippen molar-refractivity contribution in [1.29, 1.82) is 0 Å². The Morgan fingerprint density at radius 2 is 2.09 bits per heavy atom. The highest BCUT2D eigenvalue weighted by Crippen LogP contribution is 2.35. The summed E-state index contributed by atoms with van der Waals surface area (Å²) in [4.78, 5) is 14.9. The lowest BCUT2D eigenvalue weighted by Crippen LogP contribution is -2.43. The number of carbonyl (C=O) groups is 1. The number of benzene rings is 2. The molecule has 0 aliphatic carbocycles. The van der Waals surface area contributed by atoms with E-state index in [0.29, 0.717) is 15.9 Å². The number of anilines is 2. The molecule has 6 heteroatoms. The minimum atomic E-state index is -0.0270. The Morgan fingerprint density at radius 3 is 2.91 bits per heavy atom.